The van der Waals surface area contributed by atoms with Crippen LogP contribution in [0.1, 0.15) is 18.1 Å². The number of nitrogens with one attached hydrogen (secondary N) is 1. The zero-order valence-electron chi connectivity index (χ0n) is 15.1. The highest BCUT2D eigenvalue weighted by Gasteiger charge is 2.32. The fourth-order valence-corrected chi connectivity index (χ4v) is 3.02. The number of aryl methyl sites for hydroxylation is 2. The summed E-state index contributed by atoms with van der Waals surface area (Å²) in [6, 6.07) is 9.95. The lowest BCUT2D eigenvalue weighted by atomic mass is 9.94. The summed E-state index contributed by atoms with van der Waals surface area (Å²) in [6.07, 6.45) is -4.47. The molecule has 0 radical (unpaired) electrons. The van der Waals surface area contributed by atoms with Gasteiger partial charge in [-0.15, -0.1) is 0 Å². The first kappa shape index (κ1) is 19.0. The lowest BCUT2D eigenvalue weighted by molar-refractivity contribution is -0.137. The zero-order chi connectivity index (χ0) is 20.0. The first-order valence-corrected chi connectivity index (χ1v) is 8.30. The quantitative estimate of drug-likeness (QED) is 0.732. The van der Waals surface area contributed by atoms with Crippen LogP contribution >= 0.6 is 0 Å². The van der Waals surface area contributed by atoms with E-state index in [1.165, 1.54) is 28.2 Å². The molecule has 0 amide bonds. The molecule has 1 heterocycles. The predicted molar refractivity (Wildman–Crippen MR) is 97.7 cm³/mol. The molecular formula is C19H20F3N3O2. The van der Waals surface area contributed by atoms with Crippen LogP contribution in [0, 0.1) is 0 Å². The number of anilines is 1. The van der Waals surface area contributed by atoms with Gasteiger partial charge in [0.05, 0.1) is 16.6 Å². The Morgan fingerprint density at radius 1 is 1.00 bits per heavy atom. The highest BCUT2D eigenvalue weighted by Crippen LogP contribution is 2.32. The number of rotatable bonds is 4. The lowest BCUT2D eigenvalue weighted by Gasteiger charge is -2.25. The summed E-state index contributed by atoms with van der Waals surface area (Å²) in [6.45, 7) is 1.45. The van der Waals surface area contributed by atoms with E-state index in [0.29, 0.717) is 11.2 Å². The van der Waals surface area contributed by atoms with E-state index < -0.39 is 17.3 Å². The first-order valence-electron chi connectivity index (χ1n) is 8.30. The first-order chi connectivity index (χ1) is 12.5. The van der Waals surface area contributed by atoms with Crippen molar-refractivity contribution < 1.29 is 18.3 Å². The highest BCUT2D eigenvalue weighted by molar-refractivity contribution is 5.80. The van der Waals surface area contributed by atoms with Crippen molar-refractivity contribution in [3.8, 4) is 0 Å². The van der Waals surface area contributed by atoms with Crippen LogP contribution in [0.25, 0.3) is 11.0 Å². The molecule has 0 unspecified atom stereocenters. The monoisotopic (exact) mass is 379 g/mol. The average molecular weight is 379 g/mol. The summed E-state index contributed by atoms with van der Waals surface area (Å²) < 4.78 is 41.7. The van der Waals surface area contributed by atoms with Crippen LogP contribution in [-0.2, 0) is 25.9 Å². The van der Waals surface area contributed by atoms with E-state index in [9.17, 15) is 23.1 Å². The second-order valence-corrected chi connectivity index (χ2v) is 6.81. The van der Waals surface area contributed by atoms with Crippen LogP contribution in [0.5, 0.6) is 0 Å². The minimum absolute atomic E-state index is 0.000592. The molecule has 3 rings (SSSR count). The second-order valence-electron chi connectivity index (χ2n) is 6.81. The Bertz CT molecular complexity index is 1050. The summed E-state index contributed by atoms with van der Waals surface area (Å²) >= 11 is 0. The van der Waals surface area contributed by atoms with E-state index in [-0.39, 0.29) is 17.8 Å². The third-order valence-corrected chi connectivity index (χ3v) is 4.72. The van der Waals surface area contributed by atoms with Gasteiger partial charge in [0.25, 0.3) is 0 Å². The fraction of sp³-hybridized carbons (Fsp3) is 0.316. The Morgan fingerprint density at radius 3 is 2.30 bits per heavy atom. The number of aromatic nitrogens is 2. The number of fused-ring (bicyclic) bond motifs is 1. The lowest BCUT2D eigenvalue weighted by Crippen LogP contribution is -2.31. The Labute approximate surface area is 153 Å². The molecule has 27 heavy (non-hydrogen) atoms. The van der Waals surface area contributed by atoms with Crippen LogP contribution in [0.4, 0.5) is 18.9 Å². The number of halogens is 3. The molecule has 144 valence electrons. The molecule has 0 fully saturated rings. The molecule has 0 aliphatic carbocycles. The van der Waals surface area contributed by atoms with Crippen LogP contribution in [0.3, 0.4) is 0 Å². The van der Waals surface area contributed by atoms with Crippen molar-refractivity contribution in [2.45, 2.75) is 18.7 Å². The Balaban J connectivity index is 1.84. The molecule has 1 aromatic heterocycles. The number of imidazole rings is 1. The number of hydrogen-bond acceptors (Lipinski definition) is 3. The molecule has 0 bridgehead atoms. The fourth-order valence-electron chi connectivity index (χ4n) is 3.02. The number of nitrogens with zero attached hydrogens (tertiary/aromatic N) is 2. The Kier molecular flexibility index (Phi) is 4.55. The van der Waals surface area contributed by atoms with E-state index in [1.54, 1.807) is 32.3 Å². The van der Waals surface area contributed by atoms with Crippen molar-refractivity contribution in [1.29, 1.82) is 0 Å². The summed E-state index contributed by atoms with van der Waals surface area (Å²) in [5.74, 6) is 0. The molecule has 3 aromatic rings. The molecular weight excluding hydrogens is 359 g/mol. The van der Waals surface area contributed by atoms with Gasteiger partial charge >= 0.3 is 11.9 Å². The molecule has 8 heteroatoms. The van der Waals surface area contributed by atoms with Crippen LogP contribution in [0.2, 0.25) is 0 Å². The van der Waals surface area contributed by atoms with Gasteiger partial charge in [0.2, 0.25) is 0 Å². The van der Waals surface area contributed by atoms with Crippen molar-refractivity contribution in [1.82, 2.24) is 9.13 Å². The predicted octanol–water partition coefficient (Wildman–Crippen LogP) is 3.22. The molecule has 5 nitrogen and oxygen atoms in total. The van der Waals surface area contributed by atoms with E-state index in [1.807, 2.05) is 0 Å². The van der Waals surface area contributed by atoms with Gasteiger partial charge in [0, 0.05) is 26.3 Å². The van der Waals surface area contributed by atoms with Crippen LogP contribution < -0.4 is 11.0 Å². The van der Waals surface area contributed by atoms with Gasteiger partial charge in [-0.05, 0) is 42.8 Å². The summed E-state index contributed by atoms with van der Waals surface area (Å²) in [7, 11) is 3.34. The minimum Gasteiger partial charge on any atom is -0.384 e. The van der Waals surface area contributed by atoms with Crippen molar-refractivity contribution in [2.24, 2.45) is 14.1 Å². The van der Waals surface area contributed by atoms with Crippen LogP contribution in [0.15, 0.2) is 47.3 Å². The third kappa shape index (κ3) is 3.57. The standard InChI is InChI=1S/C19H20F3N3O2/c1-18(27,12-5-4-6-13(9-12)19(20,21)22)11-23-14-7-8-15-16(10-14)25(3)17(26)24(15)2/h4-10,23,27H,11H2,1-3H3/t18-/m0/s1. The maximum absolute atomic E-state index is 12.9. The van der Waals surface area contributed by atoms with Gasteiger partial charge in [0.15, 0.2) is 0 Å². The summed E-state index contributed by atoms with van der Waals surface area (Å²) in [5, 5.41) is 13.7. The summed E-state index contributed by atoms with van der Waals surface area (Å²) in [4.78, 5) is 12.0. The van der Waals surface area contributed by atoms with Gasteiger partial charge in [-0.3, -0.25) is 9.13 Å². The molecule has 0 saturated carbocycles. The Morgan fingerprint density at radius 2 is 1.63 bits per heavy atom. The largest absolute Gasteiger partial charge is 0.416 e. The molecule has 2 aromatic carbocycles. The number of hydrogen-bond donors (Lipinski definition) is 2. The van der Waals surface area contributed by atoms with Gasteiger partial charge in [0.1, 0.15) is 5.60 Å². The molecule has 0 aliphatic rings. The molecule has 2 N–H and O–H groups in total. The normalized spacial score (nSPS) is 14.3. The molecule has 0 spiro atoms. The van der Waals surface area contributed by atoms with Crippen molar-refractivity contribution in [3.63, 3.8) is 0 Å². The molecule has 1 atom stereocenters. The zero-order valence-corrected chi connectivity index (χ0v) is 15.1. The number of alkyl halides is 3. The van der Waals surface area contributed by atoms with E-state index >= 15 is 0 Å². The third-order valence-electron chi connectivity index (χ3n) is 4.72. The second kappa shape index (κ2) is 6.45. The summed E-state index contributed by atoms with van der Waals surface area (Å²) in [5.41, 5.74) is -0.185. The van der Waals surface area contributed by atoms with E-state index in [2.05, 4.69) is 5.32 Å². The topological polar surface area (TPSA) is 59.2 Å². The van der Waals surface area contributed by atoms with Gasteiger partial charge in [-0.25, -0.2) is 4.79 Å². The van der Waals surface area contributed by atoms with Gasteiger partial charge < -0.3 is 10.4 Å². The van der Waals surface area contributed by atoms with Crippen molar-refractivity contribution in [2.75, 3.05) is 11.9 Å². The van der Waals surface area contributed by atoms with Gasteiger partial charge in [-0.2, -0.15) is 13.2 Å². The highest BCUT2D eigenvalue weighted by atomic mass is 19.4. The average Bonchev–Trinajstić information content (AvgIpc) is 2.84. The smallest absolute Gasteiger partial charge is 0.384 e. The van der Waals surface area contributed by atoms with Crippen molar-refractivity contribution in [3.05, 3.63) is 64.1 Å². The molecule has 0 aliphatic heterocycles. The molecule has 0 saturated heterocycles. The SMILES string of the molecule is Cn1c(=O)n(C)c2cc(NC[C@](C)(O)c3cccc(C(F)(F)F)c3)ccc21. The van der Waals surface area contributed by atoms with Crippen LogP contribution in [-0.4, -0.2) is 20.8 Å². The van der Waals surface area contributed by atoms with Crippen molar-refractivity contribution >= 4 is 16.7 Å². The maximum atomic E-state index is 12.9. The van der Waals surface area contributed by atoms with Gasteiger partial charge in [-0.1, -0.05) is 12.1 Å². The van der Waals surface area contributed by atoms with E-state index in [4.69, 9.17) is 0 Å². The van der Waals surface area contributed by atoms with E-state index in [0.717, 1.165) is 17.6 Å². The minimum atomic E-state index is -4.47. The number of aliphatic hydroxyl groups is 1. The Hall–Kier alpha value is -2.74. The number of benzene rings is 2. The maximum Gasteiger partial charge on any atom is 0.416 e.